The molecule has 6 heteroatoms. The van der Waals surface area contributed by atoms with Crippen molar-refractivity contribution in [2.24, 2.45) is 0 Å². The largest absolute Gasteiger partial charge is 0.477 e. The SMILES string of the molecule is O=C(NCCC=Cc1cccc2sc(C(=O)O)cc12)OCc1ccccc1. The molecule has 2 aromatic carbocycles. The van der Waals surface area contributed by atoms with E-state index in [4.69, 9.17) is 9.84 Å². The number of amides is 1. The summed E-state index contributed by atoms with van der Waals surface area (Å²) >= 11 is 1.26. The van der Waals surface area contributed by atoms with Crippen LogP contribution in [-0.2, 0) is 11.3 Å². The summed E-state index contributed by atoms with van der Waals surface area (Å²) < 4.78 is 6.09. The van der Waals surface area contributed by atoms with Gasteiger partial charge in [0, 0.05) is 16.6 Å². The third-order valence-electron chi connectivity index (χ3n) is 3.90. The molecule has 3 aromatic rings. The van der Waals surface area contributed by atoms with Gasteiger partial charge in [0.15, 0.2) is 0 Å². The van der Waals surface area contributed by atoms with Crippen LogP contribution >= 0.6 is 11.3 Å². The van der Waals surface area contributed by atoms with Gasteiger partial charge >= 0.3 is 12.1 Å². The summed E-state index contributed by atoms with van der Waals surface area (Å²) in [5.41, 5.74) is 1.90. The summed E-state index contributed by atoms with van der Waals surface area (Å²) in [5, 5.41) is 12.8. The molecule has 0 radical (unpaired) electrons. The highest BCUT2D eigenvalue weighted by atomic mass is 32.1. The molecule has 27 heavy (non-hydrogen) atoms. The van der Waals surface area contributed by atoms with Gasteiger partial charge in [-0.25, -0.2) is 9.59 Å². The molecule has 1 amide bonds. The van der Waals surface area contributed by atoms with Crippen molar-refractivity contribution in [2.45, 2.75) is 13.0 Å². The normalized spacial score (nSPS) is 11.0. The maximum atomic E-state index is 11.7. The van der Waals surface area contributed by atoms with Crippen LogP contribution in [0.25, 0.3) is 16.2 Å². The van der Waals surface area contributed by atoms with Gasteiger partial charge in [0.2, 0.25) is 0 Å². The van der Waals surface area contributed by atoms with Crippen molar-refractivity contribution in [3.8, 4) is 0 Å². The predicted octanol–water partition coefficient (Wildman–Crippen LogP) is 4.93. The van der Waals surface area contributed by atoms with Crippen LogP contribution in [0.2, 0.25) is 0 Å². The summed E-state index contributed by atoms with van der Waals surface area (Å²) in [5.74, 6) is -0.913. The Morgan fingerprint density at radius 2 is 1.93 bits per heavy atom. The Morgan fingerprint density at radius 3 is 2.70 bits per heavy atom. The van der Waals surface area contributed by atoms with Crippen LogP contribution in [0.15, 0.2) is 60.7 Å². The maximum Gasteiger partial charge on any atom is 0.407 e. The van der Waals surface area contributed by atoms with Gasteiger partial charge in [-0.1, -0.05) is 54.6 Å². The molecular formula is C21H19NO4S. The number of nitrogens with one attached hydrogen (secondary N) is 1. The number of aromatic carboxylic acids is 1. The molecule has 0 bridgehead atoms. The zero-order chi connectivity index (χ0) is 19.1. The lowest BCUT2D eigenvalue weighted by atomic mass is 10.1. The van der Waals surface area contributed by atoms with Gasteiger partial charge in [-0.15, -0.1) is 11.3 Å². The minimum atomic E-state index is -0.913. The van der Waals surface area contributed by atoms with Crippen molar-refractivity contribution in [3.63, 3.8) is 0 Å². The third-order valence-corrected chi connectivity index (χ3v) is 4.98. The van der Waals surface area contributed by atoms with Crippen LogP contribution in [0, 0.1) is 0 Å². The summed E-state index contributed by atoms with van der Waals surface area (Å²) in [6, 6.07) is 17.0. The van der Waals surface area contributed by atoms with E-state index in [1.54, 1.807) is 6.07 Å². The van der Waals surface area contributed by atoms with Crippen LogP contribution in [-0.4, -0.2) is 23.7 Å². The monoisotopic (exact) mass is 381 g/mol. The van der Waals surface area contributed by atoms with Gasteiger partial charge in [0.25, 0.3) is 0 Å². The van der Waals surface area contributed by atoms with Gasteiger partial charge in [0.1, 0.15) is 11.5 Å². The third kappa shape index (κ3) is 5.18. The minimum absolute atomic E-state index is 0.245. The molecule has 0 saturated heterocycles. The fourth-order valence-electron chi connectivity index (χ4n) is 2.58. The molecule has 0 aliphatic carbocycles. The number of thiophene rings is 1. The molecule has 1 aromatic heterocycles. The fourth-order valence-corrected chi connectivity index (χ4v) is 3.51. The average Bonchev–Trinajstić information content (AvgIpc) is 3.12. The Balaban J connectivity index is 1.47. The number of carboxylic acids is 1. The number of alkyl carbamates (subject to hydrolysis) is 1. The number of carboxylic acid groups (broad SMARTS) is 1. The van der Waals surface area contributed by atoms with E-state index in [-0.39, 0.29) is 6.61 Å². The van der Waals surface area contributed by atoms with Crippen LogP contribution in [0.3, 0.4) is 0 Å². The number of ether oxygens (including phenoxy) is 1. The lowest BCUT2D eigenvalue weighted by molar-refractivity contribution is 0.0702. The smallest absolute Gasteiger partial charge is 0.407 e. The number of carbonyl (C=O) groups excluding carboxylic acids is 1. The second-order valence-electron chi connectivity index (χ2n) is 5.85. The molecule has 0 aliphatic heterocycles. The topological polar surface area (TPSA) is 75.6 Å². The number of rotatable bonds is 7. The Labute approximate surface area is 160 Å². The van der Waals surface area contributed by atoms with Gasteiger partial charge in [-0.05, 0) is 29.7 Å². The summed E-state index contributed by atoms with van der Waals surface area (Å²) in [4.78, 5) is 23.1. The highest BCUT2D eigenvalue weighted by Gasteiger charge is 2.09. The molecular weight excluding hydrogens is 362 g/mol. The molecule has 138 valence electrons. The molecule has 2 N–H and O–H groups in total. The molecule has 0 spiro atoms. The van der Waals surface area contributed by atoms with E-state index in [1.807, 2.05) is 60.7 Å². The van der Waals surface area contributed by atoms with Gasteiger partial charge in [0.05, 0.1) is 0 Å². The van der Waals surface area contributed by atoms with Crippen molar-refractivity contribution in [2.75, 3.05) is 6.54 Å². The van der Waals surface area contributed by atoms with Crippen molar-refractivity contribution >= 4 is 39.6 Å². The van der Waals surface area contributed by atoms with Crippen LogP contribution < -0.4 is 5.32 Å². The molecule has 0 unspecified atom stereocenters. The second kappa shape index (κ2) is 9.00. The Bertz CT molecular complexity index is 963. The van der Waals surface area contributed by atoms with E-state index in [0.29, 0.717) is 17.8 Å². The summed E-state index contributed by atoms with van der Waals surface area (Å²) in [6.07, 6.45) is 4.09. The van der Waals surface area contributed by atoms with Gasteiger partial charge in [-0.3, -0.25) is 0 Å². The van der Waals surface area contributed by atoms with E-state index in [2.05, 4.69) is 5.32 Å². The van der Waals surface area contributed by atoms with Gasteiger partial charge in [-0.2, -0.15) is 0 Å². The quantitative estimate of drug-likeness (QED) is 0.569. The maximum absolute atomic E-state index is 11.7. The zero-order valence-corrected chi connectivity index (χ0v) is 15.4. The van der Waals surface area contributed by atoms with Crippen molar-refractivity contribution in [3.05, 3.63) is 76.7 Å². The summed E-state index contributed by atoms with van der Waals surface area (Å²) in [7, 11) is 0. The lowest BCUT2D eigenvalue weighted by Crippen LogP contribution is -2.24. The predicted molar refractivity (Wildman–Crippen MR) is 107 cm³/mol. The number of hydrogen-bond donors (Lipinski definition) is 2. The minimum Gasteiger partial charge on any atom is -0.477 e. The average molecular weight is 381 g/mol. The highest BCUT2D eigenvalue weighted by molar-refractivity contribution is 7.20. The zero-order valence-electron chi connectivity index (χ0n) is 14.6. The van der Waals surface area contributed by atoms with Crippen molar-refractivity contribution < 1.29 is 19.4 Å². The van der Waals surface area contributed by atoms with Crippen LogP contribution in [0.5, 0.6) is 0 Å². The first-order chi connectivity index (χ1) is 13.1. The first kappa shape index (κ1) is 18.7. The highest BCUT2D eigenvalue weighted by Crippen LogP contribution is 2.29. The number of carbonyl (C=O) groups is 2. The number of hydrogen-bond acceptors (Lipinski definition) is 4. The molecule has 0 atom stereocenters. The summed E-state index contributed by atoms with van der Waals surface area (Å²) in [6.45, 7) is 0.707. The van der Waals surface area contributed by atoms with Crippen LogP contribution in [0.4, 0.5) is 4.79 Å². The molecule has 0 aliphatic rings. The molecule has 3 rings (SSSR count). The Morgan fingerprint density at radius 1 is 1.11 bits per heavy atom. The first-order valence-corrected chi connectivity index (χ1v) is 9.32. The van der Waals surface area contributed by atoms with Crippen molar-refractivity contribution in [1.29, 1.82) is 0 Å². The van der Waals surface area contributed by atoms with Crippen LogP contribution in [0.1, 0.15) is 27.2 Å². The van der Waals surface area contributed by atoms with Crippen molar-refractivity contribution in [1.82, 2.24) is 5.32 Å². The first-order valence-electron chi connectivity index (χ1n) is 8.50. The molecule has 0 fully saturated rings. The number of benzene rings is 2. The Hall–Kier alpha value is -3.12. The molecule has 1 heterocycles. The Kier molecular flexibility index (Phi) is 6.22. The van der Waals surface area contributed by atoms with E-state index in [9.17, 15) is 9.59 Å². The molecule has 5 nitrogen and oxygen atoms in total. The van der Waals surface area contributed by atoms with E-state index in [1.165, 1.54) is 11.3 Å². The van der Waals surface area contributed by atoms with E-state index >= 15 is 0 Å². The molecule has 0 saturated carbocycles. The standard InChI is InChI=1S/C21H19NO4S/c23-20(24)19-13-17-16(10-6-11-18(17)27-19)9-4-5-12-22-21(25)26-14-15-7-2-1-3-8-15/h1-4,6-11,13H,5,12,14H2,(H,22,25)(H,23,24). The number of fused-ring (bicyclic) bond motifs is 1. The van der Waals surface area contributed by atoms with E-state index < -0.39 is 12.1 Å². The lowest BCUT2D eigenvalue weighted by Gasteiger charge is -2.05. The second-order valence-corrected chi connectivity index (χ2v) is 6.94. The van der Waals surface area contributed by atoms with Gasteiger partial charge < -0.3 is 15.2 Å². The van der Waals surface area contributed by atoms with E-state index in [0.717, 1.165) is 21.2 Å². The fraction of sp³-hybridized carbons (Fsp3) is 0.143.